The molecular formula is C21H27NO2S2. The van der Waals surface area contributed by atoms with E-state index >= 15 is 0 Å². The normalized spacial score (nSPS) is 17.8. The molecule has 5 heteroatoms. The molecule has 0 aliphatic carbocycles. The van der Waals surface area contributed by atoms with Gasteiger partial charge < -0.3 is 15.2 Å². The summed E-state index contributed by atoms with van der Waals surface area (Å²) in [7, 11) is 0. The summed E-state index contributed by atoms with van der Waals surface area (Å²) < 4.78 is 5.96. The minimum Gasteiger partial charge on any atom is -0.507 e. The van der Waals surface area contributed by atoms with Gasteiger partial charge in [-0.15, -0.1) is 23.5 Å². The summed E-state index contributed by atoms with van der Waals surface area (Å²) in [6, 6.07) is 14.6. The molecule has 0 radical (unpaired) electrons. The highest BCUT2D eigenvalue weighted by atomic mass is 32.2. The van der Waals surface area contributed by atoms with E-state index in [1.807, 2.05) is 49.0 Å². The summed E-state index contributed by atoms with van der Waals surface area (Å²) in [4.78, 5) is 2.21. The van der Waals surface area contributed by atoms with Crippen molar-refractivity contribution in [2.45, 2.75) is 36.1 Å². The van der Waals surface area contributed by atoms with E-state index in [0.717, 1.165) is 40.7 Å². The topological polar surface area (TPSA) is 41.5 Å². The van der Waals surface area contributed by atoms with Gasteiger partial charge in [0.15, 0.2) is 0 Å². The van der Waals surface area contributed by atoms with E-state index in [1.165, 1.54) is 4.90 Å². The van der Waals surface area contributed by atoms with E-state index in [9.17, 15) is 5.11 Å². The summed E-state index contributed by atoms with van der Waals surface area (Å²) in [6.45, 7) is 5.87. The Hall–Kier alpha value is -1.30. The van der Waals surface area contributed by atoms with Crippen LogP contribution in [0.3, 0.4) is 0 Å². The Morgan fingerprint density at radius 3 is 2.96 bits per heavy atom. The molecule has 0 amide bonds. The molecule has 1 heterocycles. The SMILES string of the molecule is CC[C@H](CN[C@@H]1COc2ccccc2SC1)CSc1cccc(C)c1O. The molecule has 0 saturated carbocycles. The third kappa shape index (κ3) is 5.12. The lowest BCUT2D eigenvalue weighted by molar-refractivity contribution is 0.268. The van der Waals surface area contributed by atoms with Crippen LogP contribution in [0.25, 0.3) is 0 Å². The van der Waals surface area contributed by atoms with Crippen molar-refractivity contribution in [3.8, 4) is 11.5 Å². The van der Waals surface area contributed by atoms with Crippen molar-refractivity contribution in [1.82, 2.24) is 5.32 Å². The Bertz CT molecular complexity index is 696. The minimum atomic E-state index is 0.360. The fourth-order valence-electron chi connectivity index (χ4n) is 2.85. The molecule has 1 aliphatic heterocycles. The third-order valence-electron chi connectivity index (χ3n) is 4.68. The van der Waals surface area contributed by atoms with Gasteiger partial charge in [-0.2, -0.15) is 0 Å². The number of hydrogen-bond donors (Lipinski definition) is 2. The maximum Gasteiger partial charge on any atom is 0.132 e. The molecule has 3 nitrogen and oxygen atoms in total. The zero-order valence-corrected chi connectivity index (χ0v) is 17.0. The fraction of sp³-hybridized carbons (Fsp3) is 0.429. The Labute approximate surface area is 164 Å². The van der Waals surface area contributed by atoms with E-state index in [-0.39, 0.29) is 0 Å². The van der Waals surface area contributed by atoms with Gasteiger partial charge in [-0.25, -0.2) is 0 Å². The van der Waals surface area contributed by atoms with Crippen LogP contribution in [0.5, 0.6) is 11.5 Å². The Morgan fingerprint density at radius 1 is 1.27 bits per heavy atom. The zero-order valence-electron chi connectivity index (χ0n) is 15.4. The summed E-state index contributed by atoms with van der Waals surface area (Å²) >= 11 is 3.61. The van der Waals surface area contributed by atoms with E-state index < -0.39 is 0 Å². The molecule has 26 heavy (non-hydrogen) atoms. The second kappa shape index (κ2) is 9.58. The predicted molar refractivity (Wildman–Crippen MR) is 112 cm³/mol. The number of aromatic hydroxyl groups is 1. The van der Waals surface area contributed by atoms with Gasteiger partial charge in [-0.1, -0.05) is 37.6 Å². The van der Waals surface area contributed by atoms with Gasteiger partial charge in [0.1, 0.15) is 18.1 Å². The van der Waals surface area contributed by atoms with Gasteiger partial charge in [0.2, 0.25) is 0 Å². The van der Waals surface area contributed by atoms with E-state index in [1.54, 1.807) is 11.8 Å². The summed E-state index contributed by atoms with van der Waals surface area (Å²) in [5, 5.41) is 13.9. The highest BCUT2D eigenvalue weighted by Gasteiger charge is 2.18. The first-order valence-electron chi connectivity index (χ1n) is 9.16. The first-order valence-corrected chi connectivity index (χ1v) is 11.1. The van der Waals surface area contributed by atoms with Gasteiger partial charge in [0.25, 0.3) is 0 Å². The average Bonchev–Trinajstić information content (AvgIpc) is 2.87. The lowest BCUT2D eigenvalue weighted by Crippen LogP contribution is -2.39. The number of hydrogen-bond acceptors (Lipinski definition) is 5. The Morgan fingerprint density at radius 2 is 2.12 bits per heavy atom. The monoisotopic (exact) mass is 389 g/mol. The highest BCUT2D eigenvalue weighted by Crippen LogP contribution is 2.33. The van der Waals surface area contributed by atoms with Crippen molar-refractivity contribution in [1.29, 1.82) is 0 Å². The van der Waals surface area contributed by atoms with Crippen LogP contribution in [0.4, 0.5) is 0 Å². The lowest BCUT2D eigenvalue weighted by Gasteiger charge is -2.21. The van der Waals surface area contributed by atoms with Crippen LogP contribution in [0.15, 0.2) is 52.3 Å². The molecule has 3 rings (SSSR count). The van der Waals surface area contributed by atoms with Crippen molar-refractivity contribution in [3.05, 3.63) is 48.0 Å². The van der Waals surface area contributed by atoms with Crippen molar-refractivity contribution >= 4 is 23.5 Å². The molecular weight excluding hydrogens is 362 g/mol. The second-order valence-corrected chi connectivity index (χ2v) is 8.80. The number of nitrogens with one attached hydrogen (secondary N) is 1. The molecule has 2 aromatic rings. The number of para-hydroxylation sites is 2. The first kappa shape index (κ1) is 19.5. The molecule has 0 unspecified atom stereocenters. The maximum atomic E-state index is 10.2. The number of benzene rings is 2. The molecule has 0 spiro atoms. The molecule has 2 N–H and O–H groups in total. The summed E-state index contributed by atoms with van der Waals surface area (Å²) in [6.07, 6.45) is 1.12. The first-order chi connectivity index (χ1) is 12.7. The van der Waals surface area contributed by atoms with Crippen LogP contribution in [0.1, 0.15) is 18.9 Å². The number of aryl methyl sites for hydroxylation is 1. The maximum absolute atomic E-state index is 10.2. The Balaban J connectivity index is 1.48. The molecule has 140 valence electrons. The smallest absolute Gasteiger partial charge is 0.132 e. The molecule has 2 atom stereocenters. The van der Waals surface area contributed by atoms with Gasteiger partial charge in [0.05, 0.1) is 6.04 Å². The van der Waals surface area contributed by atoms with Crippen molar-refractivity contribution in [2.24, 2.45) is 5.92 Å². The number of thioether (sulfide) groups is 2. The van der Waals surface area contributed by atoms with Crippen LogP contribution < -0.4 is 10.1 Å². The number of rotatable bonds is 7. The van der Waals surface area contributed by atoms with Crippen LogP contribution in [0.2, 0.25) is 0 Å². The predicted octanol–water partition coefficient (Wildman–Crippen LogP) is 4.96. The molecule has 0 aromatic heterocycles. The number of fused-ring (bicyclic) bond motifs is 1. The lowest BCUT2D eigenvalue weighted by atomic mass is 10.1. The van der Waals surface area contributed by atoms with Gasteiger partial charge >= 0.3 is 0 Å². The molecule has 0 saturated heterocycles. The third-order valence-corrected chi connectivity index (χ3v) is 7.17. The quantitative estimate of drug-likeness (QED) is 0.655. The number of phenols is 1. The number of phenolic OH excluding ortho intramolecular Hbond substituents is 1. The van der Waals surface area contributed by atoms with Crippen LogP contribution in [-0.4, -0.2) is 35.8 Å². The van der Waals surface area contributed by atoms with Crippen LogP contribution in [-0.2, 0) is 0 Å². The zero-order chi connectivity index (χ0) is 18.4. The van der Waals surface area contributed by atoms with Crippen molar-refractivity contribution in [3.63, 3.8) is 0 Å². The Kier molecular flexibility index (Phi) is 7.17. The number of ether oxygens (including phenoxy) is 1. The minimum absolute atomic E-state index is 0.360. The largest absolute Gasteiger partial charge is 0.507 e. The van der Waals surface area contributed by atoms with Gasteiger partial charge in [-0.3, -0.25) is 0 Å². The van der Waals surface area contributed by atoms with Crippen molar-refractivity contribution < 1.29 is 9.84 Å². The molecule has 0 fully saturated rings. The molecule has 1 aliphatic rings. The standard InChI is InChI=1S/C21H27NO2S2/c1-3-16(13-25-20-10-6-7-15(2)21(20)23)11-22-17-12-24-18-8-4-5-9-19(18)26-14-17/h4-10,16-17,22-23H,3,11-14H2,1-2H3/t16-,17-/m1/s1. The fourth-order valence-corrected chi connectivity index (χ4v) is 5.13. The van der Waals surface area contributed by atoms with Gasteiger partial charge in [-0.05, 0) is 43.1 Å². The summed E-state index contributed by atoms with van der Waals surface area (Å²) in [5.41, 5.74) is 0.938. The van der Waals surface area contributed by atoms with Crippen LogP contribution >= 0.6 is 23.5 Å². The second-order valence-electron chi connectivity index (χ2n) is 6.68. The van der Waals surface area contributed by atoms with Crippen molar-refractivity contribution in [2.75, 3.05) is 24.7 Å². The summed E-state index contributed by atoms with van der Waals surface area (Å²) in [5.74, 6) is 4.02. The molecule has 2 aromatic carbocycles. The highest BCUT2D eigenvalue weighted by molar-refractivity contribution is 7.99. The van der Waals surface area contributed by atoms with E-state index in [2.05, 4.69) is 24.4 Å². The van der Waals surface area contributed by atoms with E-state index in [4.69, 9.17) is 4.74 Å². The van der Waals surface area contributed by atoms with Gasteiger partial charge in [0, 0.05) is 21.3 Å². The molecule has 0 bridgehead atoms. The van der Waals surface area contributed by atoms with E-state index in [0.29, 0.717) is 24.3 Å². The van der Waals surface area contributed by atoms with Crippen LogP contribution in [0, 0.1) is 12.8 Å². The average molecular weight is 390 g/mol.